The third kappa shape index (κ3) is 7.30. The molecule has 2 fully saturated rings. The van der Waals surface area contributed by atoms with Gasteiger partial charge in [-0.2, -0.15) is 0 Å². The summed E-state index contributed by atoms with van der Waals surface area (Å²) in [7, 11) is 0. The molecule has 4 aromatic rings. The fourth-order valence-corrected chi connectivity index (χ4v) is 8.24. The average Bonchev–Trinajstić information content (AvgIpc) is 3.79. The molecule has 0 bridgehead atoms. The molecule has 1 aromatic heterocycles. The molecule has 0 atom stereocenters. The van der Waals surface area contributed by atoms with Crippen LogP contribution >= 0.6 is 11.3 Å². The summed E-state index contributed by atoms with van der Waals surface area (Å²) in [5, 5.41) is 5.20. The number of likely N-dealkylation sites (tertiary alicyclic amines) is 2. The first kappa shape index (κ1) is 31.6. The molecule has 3 aliphatic heterocycles. The van der Waals surface area contributed by atoms with E-state index in [1.807, 2.05) is 77.7 Å². The molecule has 244 valence electrons. The van der Waals surface area contributed by atoms with E-state index in [1.54, 1.807) is 11.3 Å². The van der Waals surface area contributed by atoms with Gasteiger partial charge in [0.15, 0.2) is 0 Å². The van der Waals surface area contributed by atoms with Crippen molar-refractivity contribution in [3.63, 3.8) is 0 Å². The summed E-state index contributed by atoms with van der Waals surface area (Å²) in [6, 6.07) is 25.8. The summed E-state index contributed by atoms with van der Waals surface area (Å²) in [6.07, 6.45) is 8.13. The van der Waals surface area contributed by atoms with Gasteiger partial charge >= 0.3 is 0 Å². The molecular formula is C39H44N4O3S. The van der Waals surface area contributed by atoms with Gasteiger partial charge < -0.3 is 19.9 Å². The van der Waals surface area contributed by atoms with E-state index < -0.39 is 0 Å². The van der Waals surface area contributed by atoms with Crippen molar-refractivity contribution in [2.24, 2.45) is 0 Å². The fraction of sp³-hybridized carbons (Fsp3) is 0.385. The highest BCUT2D eigenvalue weighted by atomic mass is 32.1. The standard InChI is InChI=1S/C39H44N4O3S/c44-38(33-13-5-4-12-32(33)29-10-2-1-3-11-29)40-34-16-15-30(39(45)43-22-7-6-14-37-35(43)19-27-47-37)28-36(34)46-26-25-41-23-17-31(18-24-41)42-20-8-9-21-42/h1-5,10-13,15-16,19,27-28,31H,6-9,14,17-18,20-26H2,(H,40,44). The second-order valence-electron chi connectivity index (χ2n) is 12.9. The number of fused-ring (bicyclic) bond motifs is 1. The number of carbonyl (C=O) groups excluding carboxylic acids is 2. The van der Waals surface area contributed by atoms with Gasteiger partial charge in [-0.15, -0.1) is 11.3 Å². The molecule has 0 aliphatic carbocycles. The molecule has 7 rings (SSSR count). The van der Waals surface area contributed by atoms with Crippen LogP contribution in [-0.2, 0) is 6.42 Å². The van der Waals surface area contributed by atoms with Crippen molar-refractivity contribution in [1.29, 1.82) is 0 Å². The molecule has 3 aliphatic rings. The van der Waals surface area contributed by atoms with Crippen molar-refractivity contribution in [3.05, 3.63) is 100 Å². The van der Waals surface area contributed by atoms with E-state index in [0.29, 0.717) is 41.8 Å². The fourth-order valence-electron chi connectivity index (χ4n) is 7.32. The first-order chi connectivity index (χ1) is 23.1. The minimum absolute atomic E-state index is 0.0346. The van der Waals surface area contributed by atoms with E-state index in [0.717, 1.165) is 55.7 Å². The van der Waals surface area contributed by atoms with Crippen LogP contribution in [0.3, 0.4) is 0 Å². The van der Waals surface area contributed by atoms with Crippen LogP contribution in [0.15, 0.2) is 84.2 Å². The number of nitrogens with zero attached hydrogens (tertiary/aromatic N) is 3. The Kier molecular flexibility index (Phi) is 9.98. The van der Waals surface area contributed by atoms with Gasteiger partial charge in [0, 0.05) is 35.1 Å². The van der Waals surface area contributed by atoms with E-state index in [2.05, 4.69) is 26.6 Å². The number of amides is 2. The Morgan fingerprint density at radius 3 is 2.43 bits per heavy atom. The summed E-state index contributed by atoms with van der Waals surface area (Å²) >= 11 is 1.72. The predicted molar refractivity (Wildman–Crippen MR) is 191 cm³/mol. The first-order valence-electron chi connectivity index (χ1n) is 17.2. The Morgan fingerprint density at radius 2 is 1.60 bits per heavy atom. The van der Waals surface area contributed by atoms with E-state index in [-0.39, 0.29) is 11.8 Å². The quantitative estimate of drug-likeness (QED) is 0.203. The van der Waals surface area contributed by atoms with Gasteiger partial charge in [-0.3, -0.25) is 14.5 Å². The highest BCUT2D eigenvalue weighted by molar-refractivity contribution is 7.10. The Balaban J connectivity index is 1.10. The molecule has 7 nitrogen and oxygen atoms in total. The number of rotatable bonds is 9. The van der Waals surface area contributed by atoms with Crippen LogP contribution in [0.5, 0.6) is 5.75 Å². The number of anilines is 2. The van der Waals surface area contributed by atoms with E-state index in [9.17, 15) is 9.59 Å². The minimum atomic E-state index is -0.215. The molecule has 1 N–H and O–H groups in total. The Labute approximate surface area is 282 Å². The summed E-state index contributed by atoms with van der Waals surface area (Å²) < 4.78 is 6.44. The maximum atomic E-state index is 14.0. The van der Waals surface area contributed by atoms with Crippen LogP contribution in [0.1, 0.15) is 64.1 Å². The third-order valence-electron chi connectivity index (χ3n) is 9.91. The highest BCUT2D eigenvalue weighted by Gasteiger charge is 2.27. The summed E-state index contributed by atoms with van der Waals surface area (Å²) in [5.41, 5.74) is 4.58. The van der Waals surface area contributed by atoms with Gasteiger partial charge in [-0.1, -0.05) is 48.5 Å². The average molecular weight is 649 g/mol. The minimum Gasteiger partial charge on any atom is -0.490 e. The Bertz CT molecular complexity index is 1670. The van der Waals surface area contributed by atoms with Crippen LogP contribution in [-0.4, -0.2) is 73.5 Å². The molecular weight excluding hydrogens is 605 g/mol. The van der Waals surface area contributed by atoms with Crippen molar-refractivity contribution >= 4 is 34.5 Å². The number of hydrogen-bond acceptors (Lipinski definition) is 6. The molecule has 2 amide bonds. The third-order valence-corrected chi connectivity index (χ3v) is 10.9. The second kappa shape index (κ2) is 14.8. The van der Waals surface area contributed by atoms with Crippen LogP contribution < -0.4 is 15.0 Å². The molecule has 0 unspecified atom stereocenters. The number of nitrogens with one attached hydrogen (secondary N) is 1. The lowest BCUT2D eigenvalue weighted by atomic mass is 9.99. The highest BCUT2D eigenvalue weighted by Crippen LogP contribution is 2.34. The van der Waals surface area contributed by atoms with Crippen molar-refractivity contribution in [2.75, 3.05) is 56.1 Å². The topological polar surface area (TPSA) is 65.1 Å². The monoisotopic (exact) mass is 648 g/mol. The predicted octanol–water partition coefficient (Wildman–Crippen LogP) is 7.59. The lowest BCUT2D eigenvalue weighted by Gasteiger charge is -2.36. The second-order valence-corrected chi connectivity index (χ2v) is 13.9. The van der Waals surface area contributed by atoms with E-state index in [4.69, 9.17) is 4.74 Å². The van der Waals surface area contributed by atoms with Gasteiger partial charge in [0.2, 0.25) is 0 Å². The number of ether oxygens (including phenoxy) is 1. The normalized spacial score (nSPS) is 17.7. The van der Waals surface area contributed by atoms with Crippen LogP contribution in [0, 0.1) is 0 Å². The number of benzene rings is 3. The van der Waals surface area contributed by atoms with Gasteiger partial charge in [-0.25, -0.2) is 0 Å². The number of aryl methyl sites for hydroxylation is 1. The molecule has 4 heterocycles. The summed E-state index contributed by atoms with van der Waals surface area (Å²) in [5.74, 6) is 0.272. The molecule has 2 saturated heterocycles. The van der Waals surface area contributed by atoms with Crippen LogP contribution in [0.2, 0.25) is 0 Å². The van der Waals surface area contributed by atoms with Crippen molar-refractivity contribution in [2.45, 2.75) is 51.0 Å². The SMILES string of the molecule is O=C(Nc1ccc(C(=O)N2CCCCc3sccc32)cc1OCCN1CCC(N2CCCC2)CC1)c1ccccc1-c1ccccc1. The lowest BCUT2D eigenvalue weighted by molar-refractivity contribution is 0.0985. The van der Waals surface area contributed by atoms with Gasteiger partial charge in [0.05, 0.1) is 11.4 Å². The number of hydrogen-bond donors (Lipinski definition) is 1. The summed E-state index contributed by atoms with van der Waals surface area (Å²) in [6.45, 7) is 6.62. The maximum absolute atomic E-state index is 14.0. The first-order valence-corrected chi connectivity index (χ1v) is 18.1. The molecule has 8 heteroatoms. The molecule has 3 aromatic carbocycles. The van der Waals surface area contributed by atoms with E-state index in [1.165, 1.54) is 43.6 Å². The number of carbonyl (C=O) groups is 2. The van der Waals surface area contributed by atoms with Crippen LogP contribution in [0.25, 0.3) is 11.1 Å². The lowest BCUT2D eigenvalue weighted by Crippen LogP contribution is -2.44. The Morgan fingerprint density at radius 1 is 0.830 bits per heavy atom. The van der Waals surface area contributed by atoms with Gasteiger partial charge in [0.25, 0.3) is 11.8 Å². The zero-order valence-electron chi connectivity index (χ0n) is 27.0. The number of thiophene rings is 1. The van der Waals surface area contributed by atoms with Crippen molar-refractivity contribution in [3.8, 4) is 16.9 Å². The summed E-state index contributed by atoms with van der Waals surface area (Å²) in [4.78, 5) is 36.1. The molecule has 0 spiro atoms. The molecule has 0 saturated carbocycles. The van der Waals surface area contributed by atoms with Crippen molar-refractivity contribution < 1.29 is 14.3 Å². The van der Waals surface area contributed by atoms with E-state index >= 15 is 0 Å². The molecule has 0 radical (unpaired) electrons. The molecule has 47 heavy (non-hydrogen) atoms. The maximum Gasteiger partial charge on any atom is 0.258 e. The number of piperidine rings is 1. The van der Waals surface area contributed by atoms with Crippen molar-refractivity contribution in [1.82, 2.24) is 9.80 Å². The largest absolute Gasteiger partial charge is 0.490 e. The Hall–Kier alpha value is -3.98. The van der Waals surface area contributed by atoms with Gasteiger partial charge in [0.1, 0.15) is 12.4 Å². The van der Waals surface area contributed by atoms with Gasteiger partial charge in [-0.05, 0) is 118 Å². The zero-order valence-corrected chi connectivity index (χ0v) is 27.9. The zero-order chi connectivity index (χ0) is 32.0. The smallest absolute Gasteiger partial charge is 0.258 e. The van der Waals surface area contributed by atoms with Crippen LogP contribution in [0.4, 0.5) is 11.4 Å².